The van der Waals surface area contributed by atoms with Crippen molar-refractivity contribution in [1.29, 1.82) is 0 Å². The smallest absolute Gasteiger partial charge is 0.410 e. The van der Waals surface area contributed by atoms with Crippen LogP contribution in [-0.4, -0.2) is 78.6 Å². The summed E-state index contributed by atoms with van der Waals surface area (Å²) < 4.78 is 50.7. The van der Waals surface area contributed by atoms with Crippen molar-refractivity contribution in [2.75, 3.05) is 13.1 Å². The van der Waals surface area contributed by atoms with Gasteiger partial charge in [-0.15, -0.1) is 0 Å². The molecule has 2 fully saturated rings. The second-order valence-corrected chi connectivity index (χ2v) is 12.4. The van der Waals surface area contributed by atoms with Gasteiger partial charge < -0.3 is 29.2 Å². The molecule has 9 nitrogen and oxygen atoms in total. The van der Waals surface area contributed by atoms with Crippen LogP contribution in [0, 0.1) is 11.6 Å². The van der Waals surface area contributed by atoms with Gasteiger partial charge in [-0.25, -0.2) is 27.7 Å². The van der Waals surface area contributed by atoms with Gasteiger partial charge in [-0.3, -0.25) is 0 Å². The molecule has 0 aliphatic carbocycles. The van der Waals surface area contributed by atoms with Gasteiger partial charge in [0.15, 0.2) is 5.82 Å². The second-order valence-electron chi connectivity index (χ2n) is 12.4. The number of carbonyl (C=O) groups is 2. The van der Waals surface area contributed by atoms with E-state index in [0.717, 1.165) is 17.7 Å². The molecule has 2 saturated heterocycles. The molecule has 4 heterocycles. The fraction of sp³-hybridized carbons (Fsp3) is 0.452. The number of nitrogens with zero attached hydrogens (tertiary/aromatic N) is 4. The number of carbonyl (C=O) groups excluding carboxylic acids is 1. The van der Waals surface area contributed by atoms with E-state index in [1.54, 1.807) is 17.0 Å². The van der Waals surface area contributed by atoms with Gasteiger partial charge >= 0.3 is 12.2 Å². The molecule has 0 bridgehead atoms. The highest BCUT2D eigenvalue weighted by Crippen LogP contribution is 2.37. The summed E-state index contributed by atoms with van der Waals surface area (Å²) in [5, 5.41) is 10.4. The van der Waals surface area contributed by atoms with Crippen molar-refractivity contribution in [1.82, 2.24) is 24.3 Å². The van der Waals surface area contributed by atoms with E-state index in [9.17, 15) is 27.9 Å². The van der Waals surface area contributed by atoms with Gasteiger partial charge in [0.05, 0.1) is 29.3 Å². The van der Waals surface area contributed by atoms with E-state index in [2.05, 4.69) is 4.98 Å². The number of carboxylic acid groups (broad SMARTS) is 1. The quantitative estimate of drug-likeness (QED) is 0.274. The van der Waals surface area contributed by atoms with E-state index >= 15 is 0 Å². The molecule has 1 unspecified atom stereocenters. The molecule has 3 atom stereocenters. The minimum absolute atomic E-state index is 0.0359. The highest BCUT2D eigenvalue weighted by molar-refractivity contribution is 5.92. The standard InChI is InChI=1S/C31H34F3N5O4/c1-31(2,3)43-30(42)37-10-4-5-20(37)16-39-26-9-7-18(33)13-25(26)36-28(39)27-23(22-8-6-17(32)12-24(22)35-27)14-21-11-19(34)15-38(21)29(40)41/h6-9,12-13,19-21,35H,4-5,10-11,14-16H2,1-3H3,(H,40,41)/t19-,20?,21-/m0/s1. The number of halogens is 3. The molecule has 6 rings (SSSR count). The molecule has 12 heteroatoms. The Bertz CT molecular complexity index is 1710. The second kappa shape index (κ2) is 10.8. The maximum atomic E-state index is 14.4. The minimum Gasteiger partial charge on any atom is -0.465 e. The van der Waals surface area contributed by atoms with Gasteiger partial charge in [0, 0.05) is 42.5 Å². The zero-order valence-corrected chi connectivity index (χ0v) is 24.2. The summed E-state index contributed by atoms with van der Waals surface area (Å²) in [6.07, 6.45) is -1.20. The first-order valence-electron chi connectivity index (χ1n) is 14.5. The number of benzene rings is 2. The van der Waals surface area contributed by atoms with Crippen molar-refractivity contribution in [3.63, 3.8) is 0 Å². The SMILES string of the molecule is CC(C)(C)OC(=O)N1CCCC1Cn1c(-c2[nH]c3cc(F)ccc3c2C[C@@H]2C[C@H](F)CN2C(=O)O)nc2cc(F)ccc21. The molecule has 4 aromatic rings. The van der Waals surface area contributed by atoms with Gasteiger partial charge in [0.25, 0.3) is 0 Å². The normalized spacial score (nSPS) is 20.9. The molecular formula is C31H34F3N5O4. The largest absolute Gasteiger partial charge is 0.465 e. The highest BCUT2D eigenvalue weighted by Gasteiger charge is 2.37. The molecule has 43 heavy (non-hydrogen) atoms. The fourth-order valence-corrected chi connectivity index (χ4v) is 6.43. The van der Waals surface area contributed by atoms with Crippen LogP contribution in [0.5, 0.6) is 0 Å². The fourth-order valence-electron chi connectivity index (χ4n) is 6.43. The van der Waals surface area contributed by atoms with E-state index in [0.29, 0.717) is 52.1 Å². The van der Waals surface area contributed by atoms with Crippen LogP contribution in [-0.2, 0) is 17.7 Å². The number of alkyl halides is 1. The number of aromatic nitrogens is 3. The first-order valence-corrected chi connectivity index (χ1v) is 14.5. The number of amides is 2. The first kappa shape index (κ1) is 28.9. The van der Waals surface area contributed by atoms with E-state index in [1.807, 2.05) is 25.3 Å². The summed E-state index contributed by atoms with van der Waals surface area (Å²) in [6, 6.07) is 7.71. The zero-order valence-electron chi connectivity index (χ0n) is 24.2. The summed E-state index contributed by atoms with van der Waals surface area (Å²) in [6.45, 7) is 6.08. The maximum Gasteiger partial charge on any atom is 0.410 e. The number of rotatable bonds is 5. The lowest BCUT2D eigenvalue weighted by Gasteiger charge is -2.29. The van der Waals surface area contributed by atoms with Crippen LogP contribution in [0.3, 0.4) is 0 Å². The molecule has 0 radical (unpaired) electrons. The third kappa shape index (κ3) is 5.62. The van der Waals surface area contributed by atoms with Gasteiger partial charge in [-0.2, -0.15) is 0 Å². The topological polar surface area (TPSA) is 104 Å². The van der Waals surface area contributed by atoms with E-state index < -0.39 is 41.6 Å². The lowest BCUT2D eigenvalue weighted by Crippen LogP contribution is -2.41. The average molecular weight is 598 g/mol. The third-order valence-corrected chi connectivity index (χ3v) is 8.25. The van der Waals surface area contributed by atoms with Crippen molar-refractivity contribution >= 4 is 34.1 Å². The Morgan fingerprint density at radius 2 is 1.84 bits per heavy atom. The predicted molar refractivity (Wildman–Crippen MR) is 155 cm³/mol. The molecule has 2 aromatic heterocycles. The summed E-state index contributed by atoms with van der Waals surface area (Å²) in [5.74, 6) is -0.492. The van der Waals surface area contributed by atoms with Crippen LogP contribution in [0.4, 0.5) is 22.8 Å². The van der Waals surface area contributed by atoms with Gasteiger partial charge in [0.1, 0.15) is 23.4 Å². The van der Waals surface area contributed by atoms with E-state index in [-0.39, 0.29) is 25.4 Å². The molecule has 2 aromatic carbocycles. The Labute approximate surface area is 246 Å². The lowest BCUT2D eigenvalue weighted by molar-refractivity contribution is 0.0215. The lowest BCUT2D eigenvalue weighted by atomic mass is 10.00. The summed E-state index contributed by atoms with van der Waals surface area (Å²) in [7, 11) is 0. The Hall–Kier alpha value is -4.22. The van der Waals surface area contributed by atoms with Crippen molar-refractivity contribution < 1.29 is 32.6 Å². The molecule has 2 N–H and O–H groups in total. The number of nitrogens with one attached hydrogen (secondary N) is 1. The number of imidazole rings is 1. The van der Waals surface area contributed by atoms with Gasteiger partial charge in [-0.1, -0.05) is 0 Å². The Morgan fingerprint density at radius 1 is 1.09 bits per heavy atom. The minimum atomic E-state index is -1.29. The van der Waals surface area contributed by atoms with Crippen LogP contribution in [0.15, 0.2) is 36.4 Å². The zero-order chi connectivity index (χ0) is 30.6. The highest BCUT2D eigenvalue weighted by atomic mass is 19.1. The number of fused-ring (bicyclic) bond motifs is 2. The molecular weight excluding hydrogens is 563 g/mol. The molecule has 0 spiro atoms. The van der Waals surface area contributed by atoms with Gasteiger partial charge in [0.2, 0.25) is 0 Å². The number of hydrogen-bond donors (Lipinski definition) is 2. The maximum absolute atomic E-state index is 14.4. The monoisotopic (exact) mass is 597 g/mol. The van der Waals surface area contributed by atoms with Crippen LogP contribution >= 0.6 is 0 Å². The van der Waals surface area contributed by atoms with Crippen LogP contribution < -0.4 is 0 Å². The Balaban J connectivity index is 1.47. The van der Waals surface area contributed by atoms with Crippen molar-refractivity contribution in [3.05, 3.63) is 53.6 Å². The third-order valence-electron chi connectivity index (χ3n) is 8.25. The number of hydrogen-bond acceptors (Lipinski definition) is 4. The van der Waals surface area contributed by atoms with Crippen LogP contribution in [0.25, 0.3) is 33.5 Å². The molecule has 0 saturated carbocycles. The van der Waals surface area contributed by atoms with E-state index in [1.165, 1.54) is 24.3 Å². The van der Waals surface area contributed by atoms with E-state index in [4.69, 9.17) is 9.72 Å². The number of aromatic amines is 1. The molecule has 2 aliphatic heterocycles. The number of H-pyrrole nitrogens is 1. The molecule has 2 aliphatic rings. The van der Waals surface area contributed by atoms with Crippen molar-refractivity contribution in [2.24, 2.45) is 0 Å². The molecule has 228 valence electrons. The van der Waals surface area contributed by atoms with Gasteiger partial charge in [-0.05, 0) is 75.9 Å². The molecule has 2 amide bonds. The summed E-state index contributed by atoms with van der Waals surface area (Å²) >= 11 is 0. The van der Waals surface area contributed by atoms with Crippen molar-refractivity contribution in [2.45, 2.75) is 76.9 Å². The van der Waals surface area contributed by atoms with Crippen LogP contribution in [0.2, 0.25) is 0 Å². The Kier molecular flexibility index (Phi) is 7.26. The predicted octanol–water partition coefficient (Wildman–Crippen LogP) is 6.50. The summed E-state index contributed by atoms with van der Waals surface area (Å²) in [5.41, 5.74) is 2.01. The average Bonchev–Trinajstić information content (AvgIpc) is 3.68. The Morgan fingerprint density at radius 3 is 2.58 bits per heavy atom. The number of ether oxygens (including phenoxy) is 1. The van der Waals surface area contributed by atoms with Crippen LogP contribution in [0.1, 0.15) is 45.6 Å². The number of likely N-dealkylation sites (tertiary alicyclic amines) is 2. The van der Waals surface area contributed by atoms with Crippen molar-refractivity contribution in [3.8, 4) is 11.5 Å². The first-order chi connectivity index (χ1) is 20.4. The summed E-state index contributed by atoms with van der Waals surface area (Å²) in [4.78, 5) is 35.9.